The van der Waals surface area contributed by atoms with Crippen LogP contribution in [0.15, 0.2) is 30.3 Å². The monoisotopic (exact) mass is 392 g/mol. The van der Waals surface area contributed by atoms with Gasteiger partial charge in [-0.2, -0.15) is 15.0 Å². The zero-order valence-corrected chi connectivity index (χ0v) is 16.8. The van der Waals surface area contributed by atoms with Crippen LogP contribution in [0, 0.1) is 20.8 Å². The summed E-state index contributed by atoms with van der Waals surface area (Å²) in [5, 5.41) is 3.08. The molecule has 1 aliphatic rings. The minimum absolute atomic E-state index is 0.0626. The maximum Gasteiger partial charge on any atom is 0.340 e. The van der Waals surface area contributed by atoms with Crippen LogP contribution >= 0.6 is 0 Å². The average Bonchev–Trinajstić information content (AvgIpc) is 3.46. The predicted molar refractivity (Wildman–Crippen MR) is 110 cm³/mol. The third-order valence-corrected chi connectivity index (χ3v) is 4.96. The van der Waals surface area contributed by atoms with Crippen LogP contribution in [-0.2, 0) is 11.3 Å². The fraction of sp³-hybridized carbons (Fsp3) is 0.333. The number of nitrogen functional groups attached to an aromatic ring is 1. The molecule has 4 rings (SSSR count). The molecule has 1 fully saturated rings. The number of ether oxygens (including phenoxy) is 1. The summed E-state index contributed by atoms with van der Waals surface area (Å²) in [6.07, 6.45) is 2.32. The SMILES string of the molecule is Cc1ccc(Nc2nc(N)nc(COC(=O)c3cc(C)n(C4CC4)c3C)n2)cc1. The van der Waals surface area contributed by atoms with E-state index in [1.54, 1.807) is 0 Å². The van der Waals surface area contributed by atoms with Crippen molar-refractivity contribution >= 4 is 23.6 Å². The lowest BCUT2D eigenvalue weighted by Gasteiger charge is -2.09. The van der Waals surface area contributed by atoms with Crippen molar-refractivity contribution in [3.63, 3.8) is 0 Å². The van der Waals surface area contributed by atoms with E-state index in [2.05, 4.69) is 24.8 Å². The van der Waals surface area contributed by atoms with Gasteiger partial charge in [0.2, 0.25) is 11.9 Å². The van der Waals surface area contributed by atoms with Gasteiger partial charge < -0.3 is 20.4 Å². The van der Waals surface area contributed by atoms with Gasteiger partial charge in [-0.1, -0.05) is 17.7 Å². The Morgan fingerprint density at radius 3 is 2.59 bits per heavy atom. The maximum atomic E-state index is 12.6. The molecule has 1 saturated carbocycles. The van der Waals surface area contributed by atoms with E-state index in [4.69, 9.17) is 10.5 Å². The molecule has 2 aromatic heterocycles. The number of anilines is 3. The van der Waals surface area contributed by atoms with Gasteiger partial charge in [-0.05, 0) is 51.8 Å². The largest absolute Gasteiger partial charge is 0.454 e. The van der Waals surface area contributed by atoms with E-state index in [1.807, 2.05) is 51.1 Å². The van der Waals surface area contributed by atoms with Crippen molar-refractivity contribution in [1.29, 1.82) is 0 Å². The molecule has 0 aliphatic heterocycles. The molecule has 29 heavy (non-hydrogen) atoms. The van der Waals surface area contributed by atoms with Gasteiger partial charge in [-0.25, -0.2) is 4.79 Å². The highest BCUT2D eigenvalue weighted by atomic mass is 16.5. The minimum atomic E-state index is -0.392. The lowest BCUT2D eigenvalue weighted by atomic mass is 10.2. The van der Waals surface area contributed by atoms with Crippen LogP contribution in [0.2, 0.25) is 0 Å². The van der Waals surface area contributed by atoms with Crippen molar-refractivity contribution < 1.29 is 9.53 Å². The Kier molecular flexibility index (Phi) is 4.92. The van der Waals surface area contributed by atoms with E-state index in [-0.39, 0.29) is 18.4 Å². The number of aromatic nitrogens is 4. The van der Waals surface area contributed by atoms with E-state index in [9.17, 15) is 4.79 Å². The Balaban J connectivity index is 1.45. The number of hydrogen-bond donors (Lipinski definition) is 2. The third kappa shape index (κ3) is 4.21. The average molecular weight is 392 g/mol. The Morgan fingerprint density at radius 1 is 1.17 bits per heavy atom. The number of nitrogens with zero attached hydrogens (tertiary/aromatic N) is 4. The van der Waals surface area contributed by atoms with E-state index in [0.717, 1.165) is 35.5 Å². The number of benzene rings is 1. The number of esters is 1. The van der Waals surface area contributed by atoms with Gasteiger partial charge in [0.25, 0.3) is 0 Å². The van der Waals surface area contributed by atoms with Crippen molar-refractivity contribution in [2.45, 2.75) is 46.3 Å². The number of carbonyl (C=O) groups excluding carboxylic acids is 1. The summed E-state index contributed by atoms with van der Waals surface area (Å²) in [7, 11) is 0. The molecular formula is C21H24N6O2. The van der Waals surface area contributed by atoms with Gasteiger partial charge in [0.05, 0.1) is 5.56 Å². The van der Waals surface area contributed by atoms with Gasteiger partial charge in [-0.3, -0.25) is 0 Å². The topological polar surface area (TPSA) is 108 Å². The van der Waals surface area contributed by atoms with E-state index >= 15 is 0 Å². The quantitative estimate of drug-likeness (QED) is 0.617. The number of hydrogen-bond acceptors (Lipinski definition) is 7. The number of aryl methyl sites for hydroxylation is 2. The number of nitrogens with one attached hydrogen (secondary N) is 1. The molecule has 3 N–H and O–H groups in total. The predicted octanol–water partition coefficient (Wildman–Crippen LogP) is 3.62. The van der Waals surface area contributed by atoms with Crippen LogP contribution in [0.1, 0.15) is 52.0 Å². The summed E-state index contributed by atoms with van der Waals surface area (Å²) in [5.74, 6) is 0.264. The first-order chi connectivity index (χ1) is 13.9. The van der Waals surface area contributed by atoms with Crippen molar-refractivity contribution in [2.24, 2.45) is 0 Å². The Morgan fingerprint density at radius 2 is 1.90 bits per heavy atom. The minimum Gasteiger partial charge on any atom is -0.454 e. The van der Waals surface area contributed by atoms with Gasteiger partial charge >= 0.3 is 5.97 Å². The number of carbonyl (C=O) groups is 1. The van der Waals surface area contributed by atoms with Gasteiger partial charge in [0.15, 0.2) is 12.4 Å². The van der Waals surface area contributed by atoms with Crippen LogP contribution in [0.3, 0.4) is 0 Å². The highest BCUT2D eigenvalue weighted by molar-refractivity contribution is 5.91. The van der Waals surface area contributed by atoms with Gasteiger partial charge in [0, 0.05) is 23.1 Å². The van der Waals surface area contributed by atoms with Crippen molar-refractivity contribution in [3.8, 4) is 0 Å². The smallest absolute Gasteiger partial charge is 0.340 e. The summed E-state index contributed by atoms with van der Waals surface area (Å²) in [6.45, 7) is 5.89. The summed E-state index contributed by atoms with van der Waals surface area (Å²) in [6, 6.07) is 10.2. The molecule has 150 valence electrons. The van der Waals surface area contributed by atoms with Crippen LogP contribution in [0.25, 0.3) is 0 Å². The third-order valence-electron chi connectivity index (χ3n) is 4.96. The standard InChI is InChI=1S/C21H24N6O2/c1-12-4-6-15(7-5-12)23-21-25-18(24-20(22)26-21)11-29-19(28)17-10-13(2)27(14(17)3)16-8-9-16/h4-7,10,16H,8-9,11H2,1-3H3,(H3,22,23,24,25,26). The highest BCUT2D eigenvalue weighted by Gasteiger charge is 2.28. The summed E-state index contributed by atoms with van der Waals surface area (Å²) >= 11 is 0. The summed E-state index contributed by atoms with van der Waals surface area (Å²) < 4.78 is 7.66. The zero-order chi connectivity index (χ0) is 20.5. The first kappa shape index (κ1) is 18.9. The Labute approximate surface area is 169 Å². The lowest BCUT2D eigenvalue weighted by molar-refractivity contribution is 0.0461. The van der Waals surface area contributed by atoms with Crippen LogP contribution in [0.5, 0.6) is 0 Å². The lowest BCUT2D eigenvalue weighted by Crippen LogP contribution is -2.12. The molecule has 0 unspecified atom stereocenters. The molecule has 2 heterocycles. The molecule has 8 nitrogen and oxygen atoms in total. The Bertz CT molecular complexity index is 1050. The van der Waals surface area contributed by atoms with Crippen LogP contribution in [0.4, 0.5) is 17.6 Å². The molecule has 0 spiro atoms. The van der Waals surface area contributed by atoms with Crippen molar-refractivity contribution in [2.75, 3.05) is 11.1 Å². The molecule has 0 radical (unpaired) electrons. The first-order valence-electron chi connectivity index (χ1n) is 9.60. The fourth-order valence-electron chi connectivity index (χ4n) is 3.41. The molecular weight excluding hydrogens is 368 g/mol. The molecule has 1 aliphatic carbocycles. The van der Waals surface area contributed by atoms with Gasteiger partial charge in [0.1, 0.15) is 0 Å². The highest BCUT2D eigenvalue weighted by Crippen LogP contribution is 2.38. The molecule has 1 aromatic carbocycles. The van der Waals surface area contributed by atoms with Crippen molar-refractivity contribution in [1.82, 2.24) is 19.5 Å². The molecule has 3 aromatic rings. The number of rotatable bonds is 6. The second-order valence-electron chi connectivity index (χ2n) is 7.39. The zero-order valence-electron chi connectivity index (χ0n) is 16.8. The van der Waals surface area contributed by atoms with Gasteiger partial charge in [-0.15, -0.1) is 0 Å². The van der Waals surface area contributed by atoms with Crippen molar-refractivity contribution in [3.05, 3.63) is 58.7 Å². The summed E-state index contributed by atoms with van der Waals surface area (Å²) in [5.41, 5.74) is 10.4. The molecule has 0 saturated heterocycles. The Hall–Kier alpha value is -3.42. The van der Waals surface area contributed by atoms with E-state index in [0.29, 0.717) is 17.6 Å². The number of nitrogens with two attached hydrogens (primary N) is 1. The molecule has 8 heteroatoms. The normalized spacial score (nSPS) is 13.3. The second kappa shape index (κ2) is 7.54. The molecule has 0 amide bonds. The fourth-order valence-corrected chi connectivity index (χ4v) is 3.41. The summed E-state index contributed by atoms with van der Waals surface area (Å²) in [4.78, 5) is 25.1. The second-order valence-corrected chi connectivity index (χ2v) is 7.39. The van der Waals surface area contributed by atoms with E-state index < -0.39 is 5.97 Å². The van der Waals surface area contributed by atoms with E-state index in [1.165, 1.54) is 0 Å². The maximum absolute atomic E-state index is 12.6. The molecule has 0 atom stereocenters. The van der Waals surface area contributed by atoms with Crippen LogP contribution in [-0.4, -0.2) is 25.5 Å². The first-order valence-corrected chi connectivity index (χ1v) is 9.60. The molecule has 0 bridgehead atoms. The van der Waals surface area contributed by atoms with Crippen LogP contribution < -0.4 is 11.1 Å².